The Morgan fingerprint density at radius 3 is 2.40 bits per heavy atom. The Bertz CT molecular complexity index is 1970. The average molecular weight is 623 g/mol. The van der Waals surface area contributed by atoms with E-state index in [1.54, 1.807) is 15.4 Å². The molecule has 7 rings (SSSR count). The number of amides is 2. The Hall–Kier alpha value is -4.58. The molecule has 3 aromatic heterocycles. The number of aliphatic hydroxyl groups excluding tert-OH is 1. The zero-order valence-corrected chi connectivity index (χ0v) is 25.7. The van der Waals surface area contributed by atoms with Crippen LogP contribution in [-0.2, 0) is 29.7 Å². The van der Waals surface area contributed by atoms with Crippen molar-refractivity contribution in [3.8, 4) is 22.5 Å². The normalized spacial score (nSPS) is 15.8. The number of anilines is 1. The van der Waals surface area contributed by atoms with Gasteiger partial charge in [-0.15, -0.1) is 0 Å². The average Bonchev–Trinajstić information content (AvgIpc) is 3.69. The third kappa shape index (κ3) is 5.70. The van der Waals surface area contributed by atoms with E-state index in [4.69, 9.17) is 4.98 Å². The molecule has 0 bridgehead atoms. The molecule has 0 aliphatic carbocycles. The number of hydrogen-bond acceptors (Lipinski definition) is 6. The molecule has 2 amide bonds. The van der Waals surface area contributed by atoms with Crippen LogP contribution < -0.4 is 5.32 Å². The van der Waals surface area contributed by atoms with E-state index in [9.17, 15) is 18.3 Å². The van der Waals surface area contributed by atoms with Crippen molar-refractivity contribution in [3.63, 3.8) is 0 Å². The third-order valence-electron chi connectivity index (χ3n) is 8.98. The van der Waals surface area contributed by atoms with Gasteiger partial charge in [0.25, 0.3) is 0 Å². The first kappa shape index (κ1) is 29.1. The first-order valence-electron chi connectivity index (χ1n) is 15.0. The molecule has 0 spiro atoms. The minimum atomic E-state index is -3.16. The quantitative estimate of drug-likeness (QED) is 0.230. The minimum absolute atomic E-state index is 0.211. The lowest BCUT2D eigenvalue weighted by Crippen LogP contribution is -2.37. The van der Waals surface area contributed by atoms with Gasteiger partial charge in [0.2, 0.25) is 10.0 Å². The van der Waals surface area contributed by atoms with Gasteiger partial charge in [-0.3, -0.25) is 4.98 Å². The number of sulfonamides is 1. The van der Waals surface area contributed by atoms with Crippen LogP contribution in [0.4, 0.5) is 10.5 Å². The summed E-state index contributed by atoms with van der Waals surface area (Å²) >= 11 is 0. The Labute approximate surface area is 261 Å². The lowest BCUT2D eigenvalue weighted by molar-refractivity contribution is 0.212. The molecule has 0 unspecified atom stereocenters. The van der Waals surface area contributed by atoms with Gasteiger partial charge in [-0.1, -0.05) is 42.5 Å². The molecule has 2 aliphatic heterocycles. The van der Waals surface area contributed by atoms with Gasteiger partial charge in [-0.25, -0.2) is 22.5 Å². The van der Waals surface area contributed by atoms with E-state index in [1.807, 2.05) is 66.9 Å². The molecule has 5 heterocycles. The van der Waals surface area contributed by atoms with Crippen molar-refractivity contribution in [2.75, 3.05) is 24.7 Å². The van der Waals surface area contributed by atoms with Crippen LogP contribution in [0.1, 0.15) is 41.0 Å². The number of aromatic amines is 1. The lowest BCUT2D eigenvalue weighted by atomic mass is 9.91. The predicted octanol–water partition coefficient (Wildman–Crippen LogP) is 5.47. The number of piperidine rings is 1. The summed E-state index contributed by atoms with van der Waals surface area (Å²) in [6, 6.07) is 21.4. The van der Waals surface area contributed by atoms with E-state index < -0.39 is 10.0 Å². The number of aliphatic hydroxyl groups is 1. The smallest absolute Gasteiger partial charge is 0.322 e. The van der Waals surface area contributed by atoms with Crippen molar-refractivity contribution in [1.82, 2.24) is 24.2 Å². The SMILES string of the molecule is CS(=O)(=O)N1CCC(c2ccc(-c3cc4c(-c5cccc(NC(=O)N6Cc7ccccc7C6)c5CO)ccnc4[nH]3)nc2)CC1. The monoisotopic (exact) mass is 622 g/mol. The van der Waals surface area contributed by atoms with Gasteiger partial charge in [-0.05, 0) is 70.8 Å². The van der Waals surface area contributed by atoms with E-state index >= 15 is 0 Å². The number of carbonyl (C=O) groups is 1. The van der Waals surface area contributed by atoms with Gasteiger partial charge in [0, 0.05) is 55.2 Å². The van der Waals surface area contributed by atoms with Crippen LogP contribution in [-0.4, -0.2) is 63.1 Å². The van der Waals surface area contributed by atoms with Crippen molar-refractivity contribution in [1.29, 1.82) is 0 Å². The van der Waals surface area contributed by atoms with Crippen LogP contribution in [0.25, 0.3) is 33.5 Å². The largest absolute Gasteiger partial charge is 0.392 e. The second-order valence-corrected chi connectivity index (χ2v) is 13.7. The number of H-pyrrole nitrogens is 1. The first-order chi connectivity index (χ1) is 21.8. The highest BCUT2D eigenvalue weighted by Crippen LogP contribution is 2.36. The second kappa shape index (κ2) is 11.7. The number of nitrogens with one attached hydrogen (secondary N) is 2. The van der Waals surface area contributed by atoms with E-state index in [1.165, 1.54) is 6.26 Å². The summed E-state index contributed by atoms with van der Waals surface area (Å²) in [6.07, 6.45) is 6.41. The summed E-state index contributed by atoms with van der Waals surface area (Å²) < 4.78 is 25.3. The van der Waals surface area contributed by atoms with Crippen molar-refractivity contribution in [2.24, 2.45) is 0 Å². The fourth-order valence-corrected chi connectivity index (χ4v) is 7.40. The van der Waals surface area contributed by atoms with Gasteiger partial charge in [0.05, 0.1) is 24.3 Å². The highest BCUT2D eigenvalue weighted by molar-refractivity contribution is 7.88. The van der Waals surface area contributed by atoms with Crippen LogP contribution in [0.2, 0.25) is 0 Å². The highest BCUT2D eigenvalue weighted by Gasteiger charge is 2.27. The molecule has 1 saturated heterocycles. The molecule has 0 atom stereocenters. The van der Waals surface area contributed by atoms with Crippen LogP contribution in [0, 0.1) is 0 Å². The number of fused-ring (bicyclic) bond motifs is 2. The molecular weight excluding hydrogens is 588 g/mol. The van der Waals surface area contributed by atoms with E-state index in [0.29, 0.717) is 43.1 Å². The summed E-state index contributed by atoms with van der Waals surface area (Å²) in [6.45, 7) is 1.89. The van der Waals surface area contributed by atoms with E-state index in [0.717, 1.165) is 57.4 Å². The van der Waals surface area contributed by atoms with Crippen LogP contribution in [0.15, 0.2) is 79.1 Å². The molecule has 2 aliphatic rings. The van der Waals surface area contributed by atoms with Crippen molar-refractivity contribution in [3.05, 3.63) is 101 Å². The Morgan fingerprint density at radius 2 is 1.73 bits per heavy atom. The van der Waals surface area contributed by atoms with Gasteiger partial charge in [0.1, 0.15) is 5.65 Å². The highest BCUT2D eigenvalue weighted by atomic mass is 32.2. The molecule has 1 fully saturated rings. The van der Waals surface area contributed by atoms with Crippen LogP contribution in [0.5, 0.6) is 0 Å². The number of nitrogens with zero attached hydrogens (tertiary/aromatic N) is 4. The van der Waals surface area contributed by atoms with Gasteiger partial charge >= 0.3 is 6.03 Å². The number of hydrogen-bond donors (Lipinski definition) is 3. The van der Waals surface area contributed by atoms with Gasteiger partial charge in [-0.2, -0.15) is 0 Å². The van der Waals surface area contributed by atoms with Crippen LogP contribution >= 0.6 is 0 Å². The maximum atomic E-state index is 13.2. The number of pyridine rings is 2. The standard InChI is InChI=1S/C34H34N6O4S/c1-45(43,44)40-15-12-22(13-16-40)23-9-10-31(36-18-23)32-17-28-27(11-14-35-33(28)37-32)26-7-4-8-30(29(26)21-41)38-34(42)39-19-24-5-2-3-6-25(24)20-39/h2-11,14,17-18,22,41H,12-13,15-16,19-21H2,1H3,(H,35,37)(H,38,42). The zero-order chi connectivity index (χ0) is 31.1. The Kier molecular flexibility index (Phi) is 7.60. The molecule has 11 heteroatoms. The first-order valence-corrected chi connectivity index (χ1v) is 16.9. The van der Waals surface area contributed by atoms with Gasteiger partial charge in [0.15, 0.2) is 0 Å². The fourth-order valence-electron chi connectivity index (χ4n) is 6.52. The molecule has 45 heavy (non-hydrogen) atoms. The zero-order valence-electron chi connectivity index (χ0n) is 24.9. The third-order valence-corrected chi connectivity index (χ3v) is 10.3. The lowest BCUT2D eigenvalue weighted by Gasteiger charge is -2.30. The summed E-state index contributed by atoms with van der Waals surface area (Å²) in [5.74, 6) is 0.269. The number of benzene rings is 2. The van der Waals surface area contributed by atoms with Crippen molar-refractivity contribution >= 4 is 32.8 Å². The van der Waals surface area contributed by atoms with E-state index in [2.05, 4.69) is 21.4 Å². The Morgan fingerprint density at radius 1 is 0.978 bits per heavy atom. The van der Waals surface area contributed by atoms with Gasteiger partial charge < -0.3 is 20.3 Å². The van der Waals surface area contributed by atoms with Crippen molar-refractivity contribution < 1.29 is 18.3 Å². The number of urea groups is 1. The molecule has 10 nitrogen and oxygen atoms in total. The molecule has 5 aromatic rings. The minimum Gasteiger partial charge on any atom is -0.392 e. The second-order valence-electron chi connectivity index (χ2n) is 11.8. The molecule has 3 N–H and O–H groups in total. The maximum absolute atomic E-state index is 13.2. The number of aromatic nitrogens is 3. The summed E-state index contributed by atoms with van der Waals surface area (Å²) in [5.41, 5.74) is 8.54. The molecule has 2 aromatic carbocycles. The summed E-state index contributed by atoms with van der Waals surface area (Å²) in [4.78, 5) is 27.7. The maximum Gasteiger partial charge on any atom is 0.322 e. The summed E-state index contributed by atoms with van der Waals surface area (Å²) in [7, 11) is -3.16. The molecule has 0 saturated carbocycles. The molecule has 230 valence electrons. The Balaban J connectivity index is 1.13. The van der Waals surface area contributed by atoms with E-state index in [-0.39, 0.29) is 18.6 Å². The molecular formula is C34H34N6O4S. The molecule has 0 radical (unpaired) electrons. The fraction of sp³-hybridized carbons (Fsp3) is 0.265. The van der Waals surface area contributed by atoms with Crippen molar-refractivity contribution in [2.45, 2.75) is 38.5 Å². The van der Waals surface area contributed by atoms with Crippen LogP contribution in [0.3, 0.4) is 0 Å². The predicted molar refractivity (Wildman–Crippen MR) is 174 cm³/mol. The summed E-state index contributed by atoms with van der Waals surface area (Å²) in [5, 5.41) is 14.4. The topological polar surface area (TPSA) is 132 Å². The number of rotatable bonds is 6. The number of carbonyl (C=O) groups excluding carboxylic acids is 1.